The van der Waals surface area contributed by atoms with Crippen LogP contribution in [0.1, 0.15) is 63.5 Å². The van der Waals surface area contributed by atoms with Crippen molar-refractivity contribution < 1.29 is 89.1 Å². The summed E-state index contributed by atoms with van der Waals surface area (Å²) in [5.41, 5.74) is 6.80. The van der Waals surface area contributed by atoms with E-state index in [-0.39, 0.29) is 64.3 Å². The van der Waals surface area contributed by atoms with Gasteiger partial charge in [0.1, 0.15) is 64.9 Å². The topological polar surface area (TPSA) is 362 Å². The molecule has 3 aromatic rings. The number of fused-ring (bicyclic) bond motifs is 2. The molecule has 0 aliphatic carbocycles. The van der Waals surface area contributed by atoms with Gasteiger partial charge in [0.15, 0.2) is 29.1 Å². The molecule has 21 nitrogen and oxygen atoms in total. The van der Waals surface area contributed by atoms with E-state index in [1.54, 1.807) is 6.20 Å². The number of rotatable bonds is 11. The first-order chi connectivity index (χ1) is 30.7. The number of aliphatic hydroxyl groups is 7. The van der Waals surface area contributed by atoms with Gasteiger partial charge in [0.05, 0.1) is 6.17 Å². The Morgan fingerprint density at radius 2 is 1.66 bits per heavy atom. The Morgan fingerprint density at radius 3 is 2.32 bits per heavy atom. The molecule has 2 saturated heterocycles. The van der Waals surface area contributed by atoms with Crippen LogP contribution in [0.4, 0.5) is 0 Å². The number of phenols is 3. The molecule has 2 fully saturated rings. The number of allylic oxidation sites excluding steroid dienone is 2. The maximum atomic E-state index is 14.1. The molecule has 0 bridgehead atoms. The average Bonchev–Trinajstić information content (AvgIpc) is 3.39. The summed E-state index contributed by atoms with van der Waals surface area (Å²) in [5, 5.41) is 121. The van der Waals surface area contributed by atoms with Crippen LogP contribution < -0.4 is 21.2 Å². The second-order valence-electron chi connectivity index (χ2n) is 17.2. The second kappa shape index (κ2) is 18.5. The monoisotopic (exact) mass is 914 g/mol. The van der Waals surface area contributed by atoms with Gasteiger partial charge in [-0.25, -0.2) is 9.59 Å². The van der Waals surface area contributed by atoms with E-state index >= 15 is 0 Å². The predicted molar refractivity (Wildman–Crippen MR) is 223 cm³/mol. The second-order valence-corrected chi connectivity index (χ2v) is 17.2. The maximum absolute atomic E-state index is 14.1. The lowest BCUT2D eigenvalue weighted by atomic mass is 9.74. The third kappa shape index (κ3) is 8.64. The van der Waals surface area contributed by atoms with E-state index in [0.717, 1.165) is 17.7 Å². The summed E-state index contributed by atoms with van der Waals surface area (Å²) < 4.78 is 29.6. The average molecular weight is 915 g/mol. The van der Waals surface area contributed by atoms with E-state index in [2.05, 4.69) is 5.32 Å². The van der Waals surface area contributed by atoms with Crippen molar-refractivity contribution in [1.82, 2.24) is 5.32 Å². The van der Waals surface area contributed by atoms with Crippen LogP contribution in [0.5, 0.6) is 23.0 Å². The Kier molecular flexibility index (Phi) is 13.6. The fraction of sp³-hybridized carbons (Fsp3) is 0.523. The molecule has 4 aliphatic rings. The zero-order chi connectivity index (χ0) is 47.4. The predicted octanol–water partition coefficient (Wildman–Crippen LogP) is -0.248. The molecule has 5 heterocycles. The van der Waals surface area contributed by atoms with Gasteiger partial charge in [-0.05, 0) is 54.9 Å². The molecule has 0 saturated carbocycles. The minimum absolute atomic E-state index is 0.00627. The highest BCUT2D eigenvalue weighted by molar-refractivity contribution is 5.89. The van der Waals surface area contributed by atoms with Crippen LogP contribution in [0.15, 0.2) is 56.9 Å². The van der Waals surface area contributed by atoms with Crippen LogP contribution in [-0.2, 0) is 30.2 Å². The number of carboxylic acids is 1. The van der Waals surface area contributed by atoms with Crippen LogP contribution in [0.3, 0.4) is 0 Å². The van der Waals surface area contributed by atoms with Gasteiger partial charge in [-0.3, -0.25) is 4.79 Å². The molecule has 1 spiro atoms. The van der Waals surface area contributed by atoms with Crippen molar-refractivity contribution in [1.29, 1.82) is 0 Å². The van der Waals surface area contributed by atoms with Crippen LogP contribution in [0.25, 0.3) is 22.3 Å². The molecular formula is C44H54N2O19. The molecule has 2 aromatic carbocycles. The van der Waals surface area contributed by atoms with Gasteiger partial charge < -0.3 is 90.6 Å². The van der Waals surface area contributed by atoms with Crippen molar-refractivity contribution in [2.75, 3.05) is 6.61 Å². The number of hydrogen-bond donors (Lipinski definition) is 13. The summed E-state index contributed by atoms with van der Waals surface area (Å²) in [6, 6.07) is 4.79. The van der Waals surface area contributed by atoms with Gasteiger partial charge in [0, 0.05) is 53.5 Å². The first-order valence-corrected chi connectivity index (χ1v) is 21.2. The summed E-state index contributed by atoms with van der Waals surface area (Å²) in [4.78, 5) is 39.9. The fourth-order valence-electron chi connectivity index (χ4n) is 9.01. The molecule has 65 heavy (non-hydrogen) atoms. The molecular weight excluding hydrogens is 860 g/mol. The number of esters is 1. The molecule has 1 unspecified atom stereocenters. The van der Waals surface area contributed by atoms with Crippen molar-refractivity contribution >= 4 is 22.9 Å². The number of dihydropyridines is 1. The van der Waals surface area contributed by atoms with Crippen LogP contribution >= 0.6 is 0 Å². The Balaban J connectivity index is 1.41. The molecule has 14 N–H and O–H groups in total. The Bertz CT molecular complexity index is 2430. The lowest BCUT2D eigenvalue weighted by Gasteiger charge is -2.50. The first kappa shape index (κ1) is 47.6. The number of carbonyl (C=O) groups is 2. The summed E-state index contributed by atoms with van der Waals surface area (Å²) in [6.45, 7) is 5.32. The quantitative estimate of drug-likeness (QED) is 0.0871. The standard InChI is InChI=1S/C44H54N2O19/c1-4-17-9-20(15-46-40(17)45)22-12-21(6-5-16(2)3)44(39(57)35(55)34(54)38(65-44)42(60)63-43-36(56)32(52)33(53)37(62-43)41(58)59)64-27-14-26-29(31(51)28(22)27)23(48)13-25(61-26)19-10-18(7-8-47)30(50)24(49)11-19/h9-11,13-16,21-22,32-40,43,46-47,49-57H,4-8,12,45H2,1-3H3,(H,58,59)/t21-,22+,32-,33-,34-,35-,36+,37-,38-,39+,40?,43+,44-/m0/s1. The number of nitrogens with one attached hydrogen (secondary N) is 1. The van der Waals surface area contributed by atoms with Gasteiger partial charge >= 0.3 is 11.9 Å². The van der Waals surface area contributed by atoms with Gasteiger partial charge in [0.2, 0.25) is 12.1 Å². The smallest absolute Gasteiger partial charge is 0.340 e. The fourth-order valence-corrected chi connectivity index (χ4v) is 9.01. The molecule has 354 valence electrons. The van der Waals surface area contributed by atoms with Crippen LogP contribution in [0, 0.1) is 11.8 Å². The highest BCUT2D eigenvalue weighted by Crippen LogP contribution is 2.55. The largest absolute Gasteiger partial charge is 0.507 e. The van der Waals surface area contributed by atoms with E-state index in [4.69, 9.17) is 29.1 Å². The van der Waals surface area contributed by atoms with Gasteiger partial charge in [-0.2, -0.15) is 0 Å². The van der Waals surface area contributed by atoms with Gasteiger partial charge in [0.25, 0.3) is 0 Å². The first-order valence-electron chi connectivity index (χ1n) is 21.2. The number of carbonyl (C=O) groups excluding carboxylic acids is 1. The van der Waals surface area contributed by atoms with E-state index in [1.807, 2.05) is 26.8 Å². The Labute approximate surface area is 370 Å². The maximum Gasteiger partial charge on any atom is 0.340 e. The molecule has 0 radical (unpaired) electrons. The number of aliphatic hydroxyl groups excluding tert-OH is 7. The SMILES string of the molecule is CCC1=CC([C@H]2C[C@H](CCC(C)C)[C@]3(Oc4cc5oc(-c6cc(O)c(O)c(CCO)c6)cc(=O)c5c(O)c42)O[C@H](C(=O)O[C@H]2O[C@H](C(=O)O)[C@@H](O)[C@H](O)[C@H]2O)[C@@H](O)[C@H](O)[C@H]3O)=CNC1N. The number of benzene rings is 2. The minimum Gasteiger partial charge on any atom is -0.507 e. The summed E-state index contributed by atoms with van der Waals surface area (Å²) >= 11 is 0. The number of phenolic OH excluding ortho intramolecular Hbond substituents is 3. The highest BCUT2D eigenvalue weighted by atomic mass is 16.8. The number of nitrogens with two attached hydrogens (primary N) is 1. The van der Waals surface area contributed by atoms with E-state index in [1.165, 1.54) is 12.1 Å². The number of ether oxygens (including phenoxy) is 4. The normalized spacial score (nSPS) is 32.5. The van der Waals surface area contributed by atoms with E-state index in [9.17, 15) is 70.6 Å². The third-order valence-corrected chi connectivity index (χ3v) is 12.6. The van der Waals surface area contributed by atoms with Gasteiger partial charge in [-0.1, -0.05) is 33.3 Å². The van der Waals surface area contributed by atoms with Crippen LogP contribution in [-0.4, -0.2) is 142 Å². The molecule has 13 atom stereocenters. The van der Waals surface area contributed by atoms with E-state index in [0.29, 0.717) is 18.4 Å². The van der Waals surface area contributed by atoms with Crippen molar-refractivity contribution in [3.8, 4) is 34.3 Å². The van der Waals surface area contributed by atoms with Crippen molar-refractivity contribution in [2.24, 2.45) is 17.6 Å². The van der Waals surface area contributed by atoms with E-state index < -0.39 is 120 Å². The summed E-state index contributed by atoms with van der Waals surface area (Å²) in [5.74, 6) is -9.97. The Hall–Kier alpha value is -5.33. The minimum atomic E-state index is -2.53. The molecule has 4 aliphatic heterocycles. The van der Waals surface area contributed by atoms with Crippen LogP contribution in [0.2, 0.25) is 0 Å². The van der Waals surface area contributed by atoms with Crippen molar-refractivity contribution in [3.05, 3.63) is 69.0 Å². The molecule has 0 amide bonds. The zero-order valence-corrected chi connectivity index (χ0v) is 35.5. The highest BCUT2D eigenvalue weighted by Gasteiger charge is 2.63. The molecule has 7 rings (SSSR count). The molecule has 1 aromatic heterocycles. The number of hydrogen-bond acceptors (Lipinski definition) is 20. The number of aromatic hydroxyl groups is 3. The lowest BCUT2D eigenvalue weighted by molar-refractivity contribution is -0.354. The summed E-state index contributed by atoms with van der Waals surface area (Å²) in [7, 11) is 0. The number of aliphatic carboxylic acids is 1. The van der Waals surface area contributed by atoms with Crippen molar-refractivity contribution in [2.45, 2.75) is 126 Å². The lowest BCUT2D eigenvalue weighted by Crippen LogP contribution is -2.71. The molecule has 21 heteroatoms. The summed E-state index contributed by atoms with van der Waals surface area (Å²) in [6.07, 6.45) is -16.1. The Morgan fingerprint density at radius 1 is 0.954 bits per heavy atom. The van der Waals surface area contributed by atoms with Gasteiger partial charge in [-0.15, -0.1) is 0 Å². The number of carboxylic acid groups (broad SMARTS) is 1. The van der Waals surface area contributed by atoms with Crippen molar-refractivity contribution in [3.63, 3.8) is 0 Å². The third-order valence-electron chi connectivity index (χ3n) is 12.6. The zero-order valence-electron chi connectivity index (χ0n) is 35.5.